The minimum absolute atomic E-state index is 0.0520. The van der Waals surface area contributed by atoms with E-state index < -0.39 is 34.0 Å². The maximum Gasteiger partial charge on any atom is 0.331 e. The van der Waals surface area contributed by atoms with E-state index >= 15 is 0 Å². The zero-order valence-corrected chi connectivity index (χ0v) is 22.1. The molecule has 1 saturated carbocycles. The van der Waals surface area contributed by atoms with Crippen molar-refractivity contribution in [2.45, 2.75) is 63.3 Å². The summed E-state index contributed by atoms with van der Waals surface area (Å²) in [6, 6.07) is 4.52. The van der Waals surface area contributed by atoms with E-state index in [0.29, 0.717) is 48.4 Å². The highest BCUT2D eigenvalue weighted by Gasteiger charge is 2.32. The summed E-state index contributed by atoms with van der Waals surface area (Å²) in [5.41, 5.74) is 2.33. The maximum absolute atomic E-state index is 12.9. The van der Waals surface area contributed by atoms with Crippen LogP contribution in [-0.4, -0.2) is 72.8 Å². The molecule has 0 saturated heterocycles. The molecule has 0 radical (unpaired) electrons. The third kappa shape index (κ3) is 6.48. The molecule has 2 aliphatic rings. The maximum atomic E-state index is 12.9. The lowest BCUT2D eigenvalue weighted by atomic mass is 9.86. The van der Waals surface area contributed by atoms with Gasteiger partial charge in [-0.25, -0.2) is 22.3 Å². The summed E-state index contributed by atoms with van der Waals surface area (Å²) in [6.07, 6.45) is 2.82. The van der Waals surface area contributed by atoms with Crippen LogP contribution < -0.4 is 10.6 Å². The van der Waals surface area contributed by atoms with Gasteiger partial charge < -0.3 is 15.7 Å². The molecular weight excluding hydrogens is 500 g/mol. The van der Waals surface area contributed by atoms with Gasteiger partial charge in [0, 0.05) is 25.2 Å². The van der Waals surface area contributed by atoms with Gasteiger partial charge >= 0.3 is 18.0 Å². The Bertz CT molecular complexity index is 1190. The van der Waals surface area contributed by atoms with Crippen LogP contribution in [0.4, 0.5) is 9.59 Å². The second-order valence-electron chi connectivity index (χ2n) is 9.44. The zero-order chi connectivity index (χ0) is 27.3. The van der Waals surface area contributed by atoms with Crippen molar-refractivity contribution in [2.24, 2.45) is 5.92 Å². The molecule has 5 amide bonds. The number of nitrogens with one attached hydrogen (secondary N) is 2. The normalized spacial score (nSPS) is 20.1. The predicted octanol–water partition coefficient (Wildman–Crippen LogP) is 2.48. The number of carboxylic acids is 1. The Morgan fingerprint density at radius 2 is 1.73 bits per heavy atom. The van der Waals surface area contributed by atoms with Crippen LogP contribution in [0.25, 0.3) is 0 Å². The van der Waals surface area contributed by atoms with Gasteiger partial charge in [-0.15, -0.1) is 0 Å². The fourth-order valence-electron chi connectivity index (χ4n) is 4.62. The lowest BCUT2D eigenvalue weighted by Gasteiger charge is -2.28. The molecule has 0 unspecified atom stereocenters. The van der Waals surface area contributed by atoms with Crippen LogP contribution in [0.3, 0.4) is 0 Å². The third-order valence-corrected chi connectivity index (χ3v) is 8.73. The van der Waals surface area contributed by atoms with Crippen LogP contribution in [0.5, 0.6) is 0 Å². The van der Waals surface area contributed by atoms with E-state index in [9.17, 15) is 27.6 Å². The fraction of sp³-hybridized carbons (Fsp3) is 0.520. The molecule has 12 heteroatoms. The van der Waals surface area contributed by atoms with Gasteiger partial charge in [0.1, 0.15) is 0 Å². The summed E-state index contributed by atoms with van der Waals surface area (Å²) in [4.78, 5) is 49.5. The quantitative estimate of drug-likeness (QED) is 0.463. The SMILES string of the molecule is CCC1=C(C)CN(C(=O)NCCc2ccc(S(=O)(=O)N(C)C(=O)NC3CCC(C(=O)O)CC3)cc2)C1=O. The number of sulfonamides is 1. The number of benzene rings is 1. The molecule has 1 aliphatic heterocycles. The molecule has 0 atom stereocenters. The Hall–Kier alpha value is -3.41. The number of rotatable bonds is 8. The van der Waals surface area contributed by atoms with Crippen LogP contribution in [-0.2, 0) is 26.0 Å². The third-order valence-electron chi connectivity index (χ3n) is 6.97. The van der Waals surface area contributed by atoms with E-state index in [0.717, 1.165) is 11.1 Å². The van der Waals surface area contributed by atoms with Crippen LogP contribution in [0.2, 0.25) is 0 Å². The van der Waals surface area contributed by atoms with E-state index in [1.54, 1.807) is 12.1 Å². The topological polar surface area (TPSA) is 153 Å². The molecule has 0 spiro atoms. The van der Waals surface area contributed by atoms with Gasteiger partial charge in [0.05, 0.1) is 17.4 Å². The minimum Gasteiger partial charge on any atom is -0.481 e. The van der Waals surface area contributed by atoms with Crippen molar-refractivity contribution in [2.75, 3.05) is 20.1 Å². The van der Waals surface area contributed by atoms with Crippen LogP contribution >= 0.6 is 0 Å². The molecule has 202 valence electrons. The first-order valence-corrected chi connectivity index (χ1v) is 13.8. The van der Waals surface area contributed by atoms with E-state index in [1.807, 2.05) is 13.8 Å². The Morgan fingerprint density at radius 1 is 1.11 bits per heavy atom. The first kappa shape index (κ1) is 28.2. The van der Waals surface area contributed by atoms with Gasteiger partial charge in [-0.05, 0) is 68.7 Å². The second kappa shape index (κ2) is 11.8. The fourth-order valence-corrected chi connectivity index (χ4v) is 5.69. The van der Waals surface area contributed by atoms with Crippen molar-refractivity contribution < 1.29 is 32.7 Å². The number of amides is 5. The number of imide groups is 1. The molecule has 1 heterocycles. The molecular formula is C25H34N4O7S. The Labute approximate surface area is 216 Å². The van der Waals surface area contributed by atoms with Crippen LogP contribution in [0.15, 0.2) is 40.3 Å². The van der Waals surface area contributed by atoms with E-state index in [1.165, 1.54) is 24.1 Å². The molecule has 1 aliphatic carbocycles. The molecule has 0 aromatic heterocycles. The molecule has 0 bridgehead atoms. The van der Waals surface area contributed by atoms with E-state index in [4.69, 9.17) is 5.11 Å². The highest BCUT2D eigenvalue weighted by molar-refractivity contribution is 7.89. The summed E-state index contributed by atoms with van der Waals surface area (Å²) < 4.78 is 26.5. The van der Waals surface area contributed by atoms with Gasteiger partial charge in [0.25, 0.3) is 15.9 Å². The number of nitrogens with zero attached hydrogens (tertiary/aromatic N) is 2. The summed E-state index contributed by atoms with van der Waals surface area (Å²) in [7, 11) is -2.91. The second-order valence-corrected chi connectivity index (χ2v) is 11.4. The number of hydrogen-bond acceptors (Lipinski definition) is 6. The van der Waals surface area contributed by atoms with Gasteiger partial charge in [-0.1, -0.05) is 19.1 Å². The van der Waals surface area contributed by atoms with Crippen molar-refractivity contribution in [3.63, 3.8) is 0 Å². The smallest absolute Gasteiger partial charge is 0.331 e. The van der Waals surface area contributed by atoms with Gasteiger partial charge in [0.15, 0.2) is 0 Å². The Morgan fingerprint density at radius 3 is 2.27 bits per heavy atom. The molecule has 37 heavy (non-hydrogen) atoms. The molecule has 3 rings (SSSR count). The number of hydrogen-bond donors (Lipinski definition) is 3. The van der Waals surface area contributed by atoms with Gasteiger partial charge in [-0.3, -0.25) is 14.5 Å². The van der Waals surface area contributed by atoms with E-state index in [2.05, 4.69) is 10.6 Å². The van der Waals surface area contributed by atoms with Gasteiger partial charge in [0.2, 0.25) is 0 Å². The number of urea groups is 2. The van der Waals surface area contributed by atoms with Crippen LogP contribution in [0.1, 0.15) is 51.5 Å². The Kier molecular flexibility index (Phi) is 8.95. The largest absolute Gasteiger partial charge is 0.481 e. The number of carbonyl (C=O) groups is 4. The molecule has 11 nitrogen and oxygen atoms in total. The first-order chi connectivity index (χ1) is 17.4. The highest BCUT2D eigenvalue weighted by Crippen LogP contribution is 2.25. The first-order valence-electron chi connectivity index (χ1n) is 12.3. The van der Waals surface area contributed by atoms with Crippen molar-refractivity contribution in [1.82, 2.24) is 19.8 Å². The lowest BCUT2D eigenvalue weighted by molar-refractivity contribution is -0.142. The predicted molar refractivity (Wildman–Crippen MR) is 135 cm³/mol. The summed E-state index contributed by atoms with van der Waals surface area (Å²) in [6.45, 7) is 4.26. The van der Waals surface area contributed by atoms with Gasteiger partial charge in [-0.2, -0.15) is 0 Å². The lowest BCUT2D eigenvalue weighted by Crippen LogP contribution is -2.46. The molecule has 1 fully saturated rings. The Balaban J connectivity index is 1.50. The highest BCUT2D eigenvalue weighted by atomic mass is 32.2. The summed E-state index contributed by atoms with van der Waals surface area (Å²) in [5.74, 6) is -1.55. The van der Waals surface area contributed by atoms with Crippen molar-refractivity contribution in [3.8, 4) is 0 Å². The molecule has 3 N–H and O–H groups in total. The zero-order valence-electron chi connectivity index (χ0n) is 21.3. The van der Waals surface area contributed by atoms with Crippen molar-refractivity contribution >= 4 is 34.0 Å². The molecule has 1 aromatic rings. The van der Waals surface area contributed by atoms with Crippen molar-refractivity contribution in [1.29, 1.82) is 0 Å². The van der Waals surface area contributed by atoms with E-state index in [-0.39, 0.29) is 29.9 Å². The standard InChI is InChI=1S/C25H34N4O7S/c1-4-21-16(2)15-29(22(21)30)24(33)26-14-13-17-5-11-20(12-6-17)37(35,36)28(3)25(34)27-19-9-7-18(8-10-19)23(31)32/h5-6,11-12,18-19H,4,7-10,13-15H2,1-3H3,(H,26,33)(H,27,34)(H,31,32). The summed E-state index contributed by atoms with van der Waals surface area (Å²) >= 11 is 0. The monoisotopic (exact) mass is 534 g/mol. The number of aliphatic carboxylic acids is 1. The van der Waals surface area contributed by atoms with Crippen molar-refractivity contribution in [3.05, 3.63) is 41.0 Å². The molecule has 1 aromatic carbocycles. The number of carboxylic acid groups (broad SMARTS) is 1. The average Bonchev–Trinajstić information content (AvgIpc) is 3.16. The minimum atomic E-state index is -4.09. The number of carbonyl (C=O) groups excluding carboxylic acids is 3. The average molecular weight is 535 g/mol. The summed E-state index contributed by atoms with van der Waals surface area (Å²) in [5, 5.41) is 14.5. The van der Waals surface area contributed by atoms with Crippen LogP contribution in [0, 0.1) is 5.92 Å².